The van der Waals surface area contributed by atoms with Gasteiger partial charge in [-0.2, -0.15) is 5.10 Å². The van der Waals surface area contributed by atoms with Crippen LogP contribution in [-0.2, 0) is 17.9 Å². The molecule has 1 aliphatic carbocycles. The Morgan fingerprint density at radius 1 is 1.23 bits per heavy atom. The second-order valence-corrected chi connectivity index (χ2v) is 7.91. The fourth-order valence-electron chi connectivity index (χ4n) is 4.11. The molecular formula is C22H26FN5O2. The number of carbonyl (C=O) groups is 1. The molecule has 0 unspecified atom stereocenters. The highest BCUT2D eigenvalue weighted by Gasteiger charge is 2.16. The van der Waals surface area contributed by atoms with E-state index in [9.17, 15) is 14.0 Å². The molecule has 1 saturated carbocycles. The monoisotopic (exact) mass is 411 g/mol. The van der Waals surface area contributed by atoms with Crippen LogP contribution in [0.1, 0.15) is 44.1 Å². The molecule has 0 saturated heterocycles. The maximum Gasteiger partial charge on any atom is 0.264 e. The van der Waals surface area contributed by atoms with Crippen LogP contribution in [-0.4, -0.2) is 31.8 Å². The van der Waals surface area contributed by atoms with Crippen molar-refractivity contribution in [2.45, 2.75) is 51.6 Å². The fraction of sp³-hybridized carbons (Fsp3) is 0.455. The van der Waals surface area contributed by atoms with Crippen LogP contribution >= 0.6 is 0 Å². The maximum atomic E-state index is 13.9. The lowest BCUT2D eigenvalue weighted by Gasteiger charge is -2.10. The summed E-state index contributed by atoms with van der Waals surface area (Å²) in [6.45, 7) is 0.972. The quantitative estimate of drug-likeness (QED) is 0.618. The van der Waals surface area contributed by atoms with Crippen LogP contribution in [0.3, 0.4) is 0 Å². The number of hydrogen-bond donors (Lipinski definition) is 1. The van der Waals surface area contributed by atoms with E-state index in [0.29, 0.717) is 42.0 Å². The first-order valence-electron chi connectivity index (χ1n) is 10.5. The number of rotatable bonds is 8. The van der Waals surface area contributed by atoms with Crippen molar-refractivity contribution in [1.29, 1.82) is 0 Å². The summed E-state index contributed by atoms with van der Waals surface area (Å²) in [5, 5.41) is 7.54. The van der Waals surface area contributed by atoms with Crippen molar-refractivity contribution >= 4 is 16.9 Å². The number of nitrogens with one attached hydrogen (secondary N) is 1. The topological polar surface area (TPSA) is 81.8 Å². The van der Waals surface area contributed by atoms with Crippen LogP contribution < -0.4 is 10.9 Å². The smallest absolute Gasteiger partial charge is 0.264 e. The van der Waals surface area contributed by atoms with Crippen molar-refractivity contribution in [3.05, 3.63) is 58.5 Å². The molecule has 1 aromatic carbocycles. The molecule has 3 aromatic rings. The molecule has 8 heteroatoms. The molecule has 0 aliphatic heterocycles. The SMILES string of the molecule is O=C(CCC1CCCC1)NCCn1ncc2c(=O)n(Cc3ccccc3F)cnc21. The molecular weight excluding hydrogens is 385 g/mol. The van der Waals surface area contributed by atoms with Crippen LogP contribution in [0.15, 0.2) is 41.6 Å². The van der Waals surface area contributed by atoms with Crippen LogP contribution in [0.2, 0.25) is 0 Å². The molecule has 1 amide bonds. The van der Waals surface area contributed by atoms with E-state index in [1.165, 1.54) is 48.8 Å². The molecule has 2 aromatic heterocycles. The Morgan fingerprint density at radius 3 is 2.83 bits per heavy atom. The Balaban J connectivity index is 1.36. The third kappa shape index (κ3) is 4.58. The zero-order chi connectivity index (χ0) is 20.9. The molecule has 158 valence electrons. The summed E-state index contributed by atoms with van der Waals surface area (Å²) < 4.78 is 16.9. The molecule has 1 fully saturated rings. The molecule has 1 aliphatic rings. The standard InChI is InChI=1S/C22H26FN5O2/c23-19-8-4-3-7-17(19)14-27-15-25-21-18(22(27)30)13-26-28(21)12-11-24-20(29)10-9-16-5-1-2-6-16/h3-4,7-8,13,15-16H,1-2,5-6,9-12,14H2,(H,24,29). The lowest BCUT2D eigenvalue weighted by molar-refractivity contribution is -0.121. The highest BCUT2D eigenvalue weighted by molar-refractivity contribution is 5.76. The predicted molar refractivity (Wildman–Crippen MR) is 111 cm³/mol. The van der Waals surface area contributed by atoms with Crippen molar-refractivity contribution in [2.75, 3.05) is 6.54 Å². The van der Waals surface area contributed by atoms with Gasteiger partial charge in [0, 0.05) is 18.5 Å². The summed E-state index contributed by atoms with van der Waals surface area (Å²) in [6, 6.07) is 6.35. The van der Waals surface area contributed by atoms with Crippen molar-refractivity contribution < 1.29 is 9.18 Å². The first-order chi connectivity index (χ1) is 14.6. The third-order valence-electron chi connectivity index (χ3n) is 5.82. The summed E-state index contributed by atoms with van der Waals surface area (Å²) in [6.07, 6.45) is 9.46. The fourth-order valence-corrected chi connectivity index (χ4v) is 4.11. The Labute approximate surface area is 173 Å². The molecule has 1 N–H and O–H groups in total. The van der Waals surface area contributed by atoms with Gasteiger partial charge in [-0.15, -0.1) is 0 Å². The van der Waals surface area contributed by atoms with E-state index < -0.39 is 0 Å². The van der Waals surface area contributed by atoms with E-state index >= 15 is 0 Å². The normalized spacial score (nSPS) is 14.4. The van der Waals surface area contributed by atoms with Gasteiger partial charge in [-0.3, -0.25) is 14.2 Å². The van der Waals surface area contributed by atoms with Crippen molar-refractivity contribution in [1.82, 2.24) is 24.6 Å². The first-order valence-corrected chi connectivity index (χ1v) is 10.5. The van der Waals surface area contributed by atoms with Gasteiger partial charge in [0.15, 0.2) is 5.65 Å². The highest BCUT2D eigenvalue weighted by atomic mass is 19.1. The molecule has 7 nitrogen and oxygen atoms in total. The van der Waals surface area contributed by atoms with E-state index in [2.05, 4.69) is 15.4 Å². The minimum absolute atomic E-state index is 0.0542. The van der Waals surface area contributed by atoms with Crippen molar-refractivity contribution in [3.63, 3.8) is 0 Å². The van der Waals surface area contributed by atoms with Gasteiger partial charge < -0.3 is 5.32 Å². The summed E-state index contributed by atoms with van der Waals surface area (Å²) in [7, 11) is 0. The lowest BCUT2D eigenvalue weighted by Crippen LogP contribution is -2.28. The van der Waals surface area contributed by atoms with Gasteiger partial charge in [0.25, 0.3) is 5.56 Å². The average molecular weight is 411 g/mol. The Morgan fingerprint density at radius 2 is 2.03 bits per heavy atom. The number of nitrogens with zero attached hydrogens (tertiary/aromatic N) is 4. The molecule has 0 radical (unpaired) electrons. The molecule has 0 atom stereocenters. The van der Waals surface area contributed by atoms with Gasteiger partial charge in [0.1, 0.15) is 17.5 Å². The van der Waals surface area contributed by atoms with Gasteiger partial charge in [-0.1, -0.05) is 43.9 Å². The molecule has 30 heavy (non-hydrogen) atoms. The zero-order valence-corrected chi connectivity index (χ0v) is 16.9. The summed E-state index contributed by atoms with van der Waals surface area (Å²) in [5.41, 5.74) is 0.619. The second kappa shape index (κ2) is 9.19. The van der Waals surface area contributed by atoms with Crippen LogP contribution in [0.25, 0.3) is 11.0 Å². The zero-order valence-electron chi connectivity index (χ0n) is 16.9. The maximum absolute atomic E-state index is 13.9. The van der Waals surface area contributed by atoms with E-state index in [1.807, 2.05) is 0 Å². The number of carbonyl (C=O) groups excluding carboxylic acids is 1. The summed E-state index contributed by atoms with van der Waals surface area (Å²) in [5.74, 6) is 0.393. The minimum Gasteiger partial charge on any atom is -0.354 e. The molecule has 2 heterocycles. The predicted octanol–water partition coefficient (Wildman–Crippen LogP) is 2.87. The van der Waals surface area contributed by atoms with Crippen LogP contribution in [0.4, 0.5) is 4.39 Å². The molecule has 0 spiro atoms. The first kappa shape index (κ1) is 20.3. The van der Waals surface area contributed by atoms with Crippen LogP contribution in [0, 0.1) is 11.7 Å². The summed E-state index contributed by atoms with van der Waals surface area (Å²) >= 11 is 0. The van der Waals surface area contributed by atoms with E-state index in [1.54, 1.807) is 22.9 Å². The van der Waals surface area contributed by atoms with Gasteiger partial charge in [0.05, 0.1) is 19.3 Å². The number of aromatic nitrogens is 4. The number of fused-ring (bicyclic) bond motifs is 1. The van der Waals surface area contributed by atoms with Gasteiger partial charge >= 0.3 is 0 Å². The Hall–Kier alpha value is -3.03. The minimum atomic E-state index is -0.358. The third-order valence-corrected chi connectivity index (χ3v) is 5.82. The molecule has 4 rings (SSSR count). The van der Waals surface area contributed by atoms with Crippen molar-refractivity contribution in [2.24, 2.45) is 5.92 Å². The van der Waals surface area contributed by atoms with Gasteiger partial charge in [-0.25, -0.2) is 14.1 Å². The van der Waals surface area contributed by atoms with E-state index in [0.717, 1.165) is 6.42 Å². The van der Waals surface area contributed by atoms with E-state index in [-0.39, 0.29) is 23.8 Å². The van der Waals surface area contributed by atoms with Crippen LogP contribution in [0.5, 0.6) is 0 Å². The lowest BCUT2D eigenvalue weighted by atomic mass is 10.0. The van der Waals surface area contributed by atoms with Gasteiger partial charge in [-0.05, 0) is 18.4 Å². The number of halogens is 1. The second-order valence-electron chi connectivity index (χ2n) is 7.91. The summed E-state index contributed by atoms with van der Waals surface area (Å²) in [4.78, 5) is 29.1. The highest BCUT2D eigenvalue weighted by Crippen LogP contribution is 2.28. The van der Waals surface area contributed by atoms with Gasteiger partial charge in [0.2, 0.25) is 5.91 Å². The number of hydrogen-bond acceptors (Lipinski definition) is 4. The Bertz CT molecular complexity index is 1080. The number of benzene rings is 1. The van der Waals surface area contributed by atoms with E-state index in [4.69, 9.17) is 0 Å². The van der Waals surface area contributed by atoms with Crippen molar-refractivity contribution in [3.8, 4) is 0 Å². The number of amides is 1. The average Bonchev–Trinajstić information content (AvgIpc) is 3.40. The Kier molecular flexibility index (Phi) is 6.21. The largest absolute Gasteiger partial charge is 0.354 e. The molecule has 0 bridgehead atoms.